The number of carbonyl (C=O) groups is 2. The number of benzene rings is 1. The maximum atomic E-state index is 12.0. The van der Waals surface area contributed by atoms with Crippen LogP contribution in [0.3, 0.4) is 0 Å². The van der Waals surface area contributed by atoms with E-state index in [1.165, 1.54) is 4.90 Å². The Hall–Kier alpha value is -1.49. The number of hydrogen-bond acceptors (Lipinski definition) is 3. The number of thioether (sulfide) groups is 1. The third kappa shape index (κ3) is 3.50. The fourth-order valence-electron chi connectivity index (χ4n) is 2.10. The molecule has 0 saturated carbocycles. The molecule has 1 aliphatic heterocycles. The minimum atomic E-state index is -0.236. The van der Waals surface area contributed by atoms with Crippen LogP contribution in [0.25, 0.3) is 0 Å². The normalized spacial score (nSPS) is 19.9. The van der Waals surface area contributed by atoms with Crippen molar-refractivity contribution < 1.29 is 9.59 Å². The average Bonchev–Trinajstić information content (AvgIpc) is 2.85. The maximum absolute atomic E-state index is 12.0. The van der Waals surface area contributed by atoms with Crippen LogP contribution < -0.4 is 10.6 Å². The van der Waals surface area contributed by atoms with Crippen LogP contribution in [-0.2, 0) is 9.59 Å². The Bertz CT molecular complexity index is 473. The van der Waals surface area contributed by atoms with Gasteiger partial charge in [0.15, 0.2) is 0 Å². The molecule has 0 aliphatic carbocycles. The highest BCUT2D eigenvalue weighted by Gasteiger charge is 2.28. The lowest BCUT2D eigenvalue weighted by Gasteiger charge is -2.17. The quantitative estimate of drug-likeness (QED) is 0.825. The zero-order valence-corrected chi connectivity index (χ0v) is 11.9. The van der Waals surface area contributed by atoms with Crippen molar-refractivity contribution in [3.63, 3.8) is 0 Å². The zero-order chi connectivity index (χ0) is 13.8. The predicted molar refractivity (Wildman–Crippen MR) is 75.9 cm³/mol. The molecule has 1 aromatic carbocycles. The van der Waals surface area contributed by atoms with Crippen molar-refractivity contribution in [1.29, 1.82) is 0 Å². The van der Waals surface area contributed by atoms with Crippen LogP contribution in [0.2, 0.25) is 0 Å². The molecule has 19 heavy (non-hydrogen) atoms. The monoisotopic (exact) mass is 278 g/mol. The molecule has 1 heterocycles. The molecule has 2 N–H and O–H groups in total. The van der Waals surface area contributed by atoms with Crippen molar-refractivity contribution in [2.24, 2.45) is 5.92 Å². The SMILES string of the molecule is CSc1ccc(C(C)NC(=O)C2CNC(=O)C2)cc1. The second-order valence-electron chi connectivity index (χ2n) is 4.71. The topological polar surface area (TPSA) is 58.2 Å². The first kappa shape index (κ1) is 13.9. The van der Waals surface area contributed by atoms with E-state index in [4.69, 9.17) is 0 Å². The molecule has 0 aromatic heterocycles. The molecule has 0 bridgehead atoms. The Morgan fingerprint density at radius 3 is 2.63 bits per heavy atom. The largest absolute Gasteiger partial charge is 0.355 e. The molecule has 2 amide bonds. The van der Waals surface area contributed by atoms with E-state index in [1.807, 2.05) is 37.4 Å². The fourth-order valence-corrected chi connectivity index (χ4v) is 2.51. The van der Waals surface area contributed by atoms with Gasteiger partial charge in [-0.25, -0.2) is 0 Å². The summed E-state index contributed by atoms with van der Waals surface area (Å²) in [7, 11) is 0. The van der Waals surface area contributed by atoms with E-state index in [0.717, 1.165) is 5.56 Å². The number of nitrogens with one attached hydrogen (secondary N) is 2. The Labute approximate surface area is 117 Å². The van der Waals surface area contributed by atoms with Gasteiger partial charge in [0.1, 0.15) is 0 Å². The Morgan fingerprint density at radius 2 is 2.11 bits per heavy atom. The highest BCUT2D eigenvalue weighted by Crippen LogP contribution is 2.19. The first-order chi connectivity index (χ1) is 9.10. The molecule has 0 radical (unpaired) electrons. The lowest BCUT2D eigenvalue weighted by molar-refractivity contribution is -0.127. The Kier molecular flexibility index (Phi) is 4.47. The summed E-state index contributed by atoms with van der Waals surface area (Å²) >= 11 is 1.69. The van der Waals surface area contributed by atoms with E-state index in [0.29, 0.717) is 13.0 Å². The van der Waals surface area contributed by atoms with Gasteiger partial charge in [-0.2, -0.15) is 0 Å². The highest BCUT2D eigenvalue weighted by molar-refractivity contribution is 7.98. The van der Waals surface area contributed by atoms with Crippen LogP contribution in [-0.4, -0.2) is 24.6 Å². The van der Waals surface area contributed by atoms with Crippen LogP contribution in [0, 0.1) is 5.92 Å². The van der Waals surface area contributed by atoms with Gasteiger partial charge in [-0.1, -0.05) is 12.1 Å². The van der Waals surface area contributed by atoms with Crippen molar-refractivity contribution in [2.45, 2.75) is 24.3 Å². The van der Waals surface area contributed by atoms with Crippen molar-refractivity contribution in [3.8, 4) is 0 Å². The molecular formula is C14H18N2O2S. The van der Waals surface area contributed by atoms with E-state index in [1.54, 1.807) is 11.8 Å². The maximum Gasteiger partial charge on any atom is 0.225 e. The van der Waals surface area contributed by atoms with Crippen molar-refractivity contribution in [3.05, 3.63) is 29.8 Å². The van der Waals surface area contributed by atoms with Crippen molar-refractivity contribution >= 4 is 23.6 Å². The van der Waals surface area contributed by atoms with E-state index >= 15 is 0 Å². The predicted octanol–water partition coefficient (Wildman–Crippen LogP) is 1.72. The van der Waals surface area contributed by atoms with Gasteiger partial charge < -0.3 is 10.6 Å². The number of amides is 2. The van der Waals surface area contributed by atoms with Gasteiger partial charge >= 0.3 is 0 Å². The van der Waals surface area contributed by atoms with Crippen LogP contribution in [0.4, 0.5) is 0 Å². The fraction of sp³-hybridized carbons (Fsp3) is 0.429. The van der Waals surface area contributed by atoms with E-state index in [-0.39, 0.29) is 23.8 Å². The number of hydrogen-bond donors (Lipinski definition) is 2. The summed E-state index contributed by atoms with van der Waals surface area (Å²) in [6, 6.07) is 8.09. The summed E-state index contributed by atoms with van der Waals surface area (Å²) in [5.41, 5.74) is 1.07. The summed E-state index contributed by atoms with van der Waals surface area (Å²) in [6.07, 6.45) is 2.33. The lowest BCUT2D eigenvalue weighted by atomic mass is 10.1. The van der Waals surface area contributed by atoms with E-state index < -0.39 is 0 Å². The first-order valence-corrected chi connectivity index (χ1v) is 7.53. The molecule has 102 valence electrons. The molecule has 2 rings (SSSR count). The molecule has 1 saturated heterocycles. The molecule has 4 nitrogen and oxygen atoms in total. The molecule has 1 aromatic rings. The second-order valence-corrected chi connectivity index (χ2v) is 5.59. The number of carbonyl (C=O) groups excluding carboxylic acids is 2. The van der Waals surface area contributed by atoms with Crippen LogP contribution in [0.5, 0.6) is 0 Å². The van der Waals surface area contributed by atoms with E-state index in [9.17, 15) is 9.59 Å². The Morgan fingerprint density at radius 1 is 1.42 bits per heavy atom. The van der Waals surface area contributed by atoms with Crippen LogP contribution in [0.1, 0.15) is 24.9 Å². The summed E-state index contributed by atoms with van der Waals surface area (Å²) in [4.78, 5) is 24.3. The second kappa shape index (κ2) is 6.10. The minimum Gasteiger partial charge on any atom is -0.355 e. The molecule has 5 heteroatoms. The number of rotatable bonds is 4. The van der Waals surface area contributed by atoms with E-state index in [2.05, 4.69) is 10.6 Å². The van der Waals surface area contributed by atoms with Crippen molar-refractivity contribution in [2.75, 3.05) is 12.8 Å². The smallest absolute Gasteiger partial charge is 0.225 e. The summed E-state index contributed by atoms with van der Waals surface area (Å²) in [5.74, 6) is -0.336. The molecular weight excluding hydrogens is 260 g/mol. The molecule has 1 fully saturated rings. The van der Waals surface area contributed by atoms with Gasteiger partial charge in [-0.3, -0.25) is 9.59 Å². The third-order valence-electron chi connectivity index (χ3n) is 3.32. The minimum absolute atomic E-state index is 0.0425. The first-order valence-electron chi connectivity index (χ1n) is 6.31. The molecule has 1 aliphatic rings. The highest BCUT2D eigenvalue weighted by atomic mass is 32.2. The summed E-state index contributed by atoms with van der Waals surface area (Å²) in [5, 5.41) is 5.63. The lowest BCUT2D eigenvalue weighted by Crippen LogP contribution is -2.33. The van der Waals surface area contributed by atoms with Gasteiger partial charge in [-0.05, 0) is 30.9 Å². The average molecular weight is 278 g/mol. The van der Waals surface area contributed by atoms with Gasteiger partial charge in [0.05, 0.1) is 12.0 Å². The summed E-state index contributed by atoms with van der Waals surface area (Å²) < 4.78 is 0. The zero-order valence-electron chi connectivity index (χ0n) is 11.1. The molecule has 2 unspecified atom stereocenters. The van der Waals surface area contributed by atoms with Gasteiger partial charge in [0.2, 0.25) is 11.8 Å². The van der Waals surface area contributed by atoms with Crippen molar-refractivity contribution in [1.82, 2.24) is 10.6 Å². The Balaban J connectivity index is 1.94. The van der Waals surface area contributed by atoms with Crippen LogP contribution in [0.15, 0.2) is 29.2 Å². The molecule has 2 atom stereocenters. The standard InChI is InChI=1S/C14H18N2O2S/c1-9(10-3-5-12(19-2)6-4-10)16-14(18)11-7-13(17)15-8-11/h3-6,9,11H,7-8H2,1-2H3,(H,15,17)(H,16,18). The molecule has 0 spiro atoms. The van der Waals surface area contributed by atoms with Gasteiger partial charge in [0.25, 0.3) is 0 Å². The van der Waals surface area contributed by atoms with Gasteiger partial charge in [-0.15, -0.1) is 11.8 Å². The van der Waals surface area contributed by atoms with Gasteiger partial charge in [0, 0.05) is 17.9 Å². The van der Waals surface area contributed by atoms with Crippen LogP contribution >= 0.6 is 11.8 Å². The summed E-state index contributed by atoms with van der Waals surface area (Å²) in [6.45, 7) is 2.40. The third-order valence-corrected chi connectivity index (χ3v) is 4.07.